The highest BCUT2D eigenvalue weighted by atomic mass is 32.1. The van der Waals surface area contributed by atoms with Gasteiger partial charge in [0, 0.05) is 18.0 Å². The van der Waals surface area contributed by atoms with E-state index in [0.717, 1.165) is 5.01 Å². The topological polar surface area (TPSA) is 33.2 Å². The fourth-order valence-electron chi connectivity index (χ4n) is 2.62. The average molecular weight is 300 g/mol. The number of aromatic nitrogens is 1. The van der Waals surface area contributed by atoms with Crippen LogP contribution in [0.3, 0.4) is 0 Å². The molecule has 0 spiro atoms. The van der Waals surface area contributed by atoms with E-state index in [1.54, 1.807) is 0 Å². The van der Waals surface area contributed by atoms with Crippen molar-refractivity contribution in [1.29, 1.82) is 0 Å². The van der Waals surface area contributed by atoms with E-state index in [9.17, 15) is 4.79 Å². The maximum Gasteiger partial charge on any atom is 0.273 e. The molecular formula is C17H20N2OS. The van der Waals surface area contributed by atoms with Crippen LogP contribution in [0.1, 0.15) is 40.8 Å². The highest BCUT2D eigenvalue weighted by molar-refractivity contribution is 7.09. The minimum Gasteiger partial charge on any atom is -0.330 e. The molecule has 110 valence electrons. The molecule has 1 aromatic carbocycles. The van der Waals surface area contributed by atoms with Gasteiger partial charge in [-0.3, -0.25) is 4.79 Å². The van der Waals surface area contributed by atoms with Crippen LogP contribution in [0.2, 0.25) is 0 Å². The van der Waals surface area contributed by atoms with E-state index >= 15 is 0 Å². The Balaban J connectivity index is 1.83. The Morgan fingerprint density at radius 1 is 1.38 bits per heavy atom. The summed E-state index contributed by atoms with van der Waals surface area (Å²) in [4.78, 5) is 19.2. The molecule has 0 saturated heterocycles. The van der Waals surface area contributed by atoms with Crippen LogP contribution >= 0.6 is 11.3 Å². The molecule has 1 aliphatic rings. The molecule has 1 atom stereocenters. The molecule has 1 aromatic heterocycles. The van der Waals surface area contributed by atoms with Crippen LogP contribution in [-0.4, -0.2) is 21.8 Å². The molecule has 0 bridgehead atoms. The SMILES string of the molecule is Cc1nc(C(=O)N(Cc2ccccc2)C(C)C2CC2)cs1. The summed E-state index contributed by atoms with van der Waals surface area (Å²) in [6.45, 7) is 4.76. The number of carbonyl (C=O) groups excluding carboxylic acids is 1. The van der Waals surface area contributed by atoms with Gasteiger partial charge in [0.15, 0.2) is 0 Å². The first-order valence-corrected chi connectivity index (χ1v) is 8.30. The predicted octanol–water partition coefficient (Wildman–Crippen LogP) is 3.89. The summed E-state index contributed by atoms with van der Waals surface area (Å²) in [7, 11) is 0. The molecule has 1 unspecified atom stereocenters. The second-order valence-electron chi connectivity index (χ2n) is 5.75. The molecule has 21 heavy (non-hydrogen) atoms. The summed E-state index contributed by atoms with van der Waals surface area (Å²) < 4.78 is 0. The third-order valence-corrected chi connectivity index (χ3v) is 4.86. The van der Waals surface area contributed by atoms with Crippen molar-refractivity contribution in [2.75, 3.05) is 0 Å². The number of benzene rings is 1. The van der Waals surface area contributed by atoms with Gasteiger partial charge >= 0.3 is 0 Å². The molecule has 1 aliphatic carbocycles. The van der Waals surface area contributed by atoms with Crippen molar-refractivity contribution < 1.29 is 4.79 Å². The summed E-state index contributed by atoms with van der Waals surface area (Å²) in [6, 6.07) is 10.5. The molecule has 0 radical (unpaired) electrons. The lowest BCUT2D eigenvalue weighted by molar-refractivity contribution is 0.0649. The van der Waals surface area contributed by atoms with Crippen molar-refractivity contribution in [3.8, 4) is 0 Å². The summed E-state index contributed by atoms with van der Waals surface area (Å²) >= 11 is 1.53. The van der Waals surface area contributed by atoms with Gasteiger partial charge in [-0.15, -0.1) is 11.3 Å². The zero-order valence-corrected chi connectivity index (χ0v) is 13.3. The Kier molecular flexibility index (Phi) is 4.06. The van der Waals surface area contributed by atoms with Crippen molar-refractivity contribution in [3.05, 3.63) is 52.0 Å². The molecule has 1 saturated carbocycles. The second kappa shape index (κ2) is 5.98. The molecule has 0 aliphatic heterocycles. The highest BCUT2D eigenvalue weighted by Crippen LogP contribution is 2.36. The molecule has 1 heterocycles. The van der Waals surface area contributed by atoms with E-state index in [1.807, 2.05) is 35.4 Å². The zero-order chi connectivity index (χ0) is 14.8. The number of carbonyl (C=O) groups is 1. The first-order chi connectivity index (χ1) is 10.1. The van der Waals surface area contributed by atoms with Gasteiger partial charge < -0.3 is 4.90 Å². The molecule has 3 nitrogen and oxygen atoms in total. The Hall–Kier alpha value is -1.68. The smallest absolute Gasteiger partial charge is 0.273 e. The molecule has 4 heteroatoms. The largest absolute Gasteiger partial charge is 0.330 e. The second-order valence-corrected chi connectivity index (χ2v) is 6.81. The van der Waals surface area contributed by atoms with Gasteiger partial charge in [-0.1, -0.05) is 30.3 Å². The van der Waals surface area contributed by atoms with E-state index in [0.29, 0.717) is 18.2 Å². The van der Waals surface area contributed by atoms with Crippen molar-refractivity contribution in [3.63, 3.8) is 0 Å². The van der Waals surface area contributed by atoms with Crippen molar-refractivity contribution in [2.45, 2.75) is 39.3 Å². The Morgan fingerprint density at radius 2 is 2.10 bits per heavy atom. The van der Waals surface area contributed by atoms with Crippen molar-refractivity contribution in [1.82, 2.24) is 9.88 Å². The van der Waals surface area contributed by atoms with Gasteiger partial charge in [-0.2, -0.15) is 0 Å². The Morgan fingerprint density at radius 3 is 2.67 bits per heavy atom. The minimum absolute atomic E-state index is 0.0580. The number of aryl methyl sites for hydroxylation is 1. The number of thiazole rings is 1. The van der Waals surface area contributed by atoms with E-state index in [4.69, 9.17) is 0 Å². The van der Waals surface area contributed by atoms with Gasteiger partial charge in [0.05, 0.1) is 5.01 Å². The minimum atomic E-state index is 0.0580. The van der Waals surface area contributed by atoms with Crippen molar-refractivity contribution >= 4 is 17.2 Å². The molecule has 0 N–H and O–H groups in total. The number of hydrogen-bond acceptors (Lipinski definition) is 3. The van der Waals surface area contributed by atoms with Gasteiger partial charge in [0.2, 0.25) is 0 Å². The number of rotatable bonds is 5. The molecule has 1 amide bonds. The van der Waals surface area contributed by atoms with Crippen LogP contribution in [0.15, 0.2) is 35.7 Å². The fraction of sp³-hybridized carbons (Fsp3) is 0.412. The maximum absolute atomic E-state index is 12.8. The van der Waals surface area contributed by atoms with Crippen LogP contribution in [-0.2, 0) is 6.54 Å². The zero-order valence-electron chi connectivity index (χ0n) is 12.5. The van der Waals surface area contributed by atoms with Crippen LogP contribution < -0.4 is 0 Å². The molecular weight excluding hydrogens is 280 g/mol. The van der Waals surface area contributed by atoms with E-state index in [1.165, 1.54) is 29.7 Å². The quantitative estimate of drug-likeness (QED) is 0.839. The summed E-state index contributed by atoms with van der Waals surface area (Å²) in [5.41, 5.74) is 1.76. The lowest BCUT2D eigenvalue weighted by Gasteiger charge is -2.29. The monoisotopic (exact) mass is 300 g/mol. The van der Waals surface area contributed by atoms with E-state index in [2.05, 4.69) is 24.0 Å². The lowest BCUT2D eigenvalue weighted by atomic mass is 10.1. The van der Waals surface area contributed by atoms with Crippen LogP contribution in [0, 0.1) is 12.8 Å². The third kappa shape index (κ3) is 3.32. The van der Waals surface area contributed by atoms with Gasteiger partial charge in [-0.05, 0) is 38.2 Å². The molecule has 1 fully saturated rings. The fourth-order valence-corrected chi connectivity index (χ4v) is 3.21. The van der Waals surface area contributed by atoms with Gasteiger partial charge in [0.1, 0.15) is 5.69 Å². The highest BCUT2D eigenvalue weighted by Gasteiger charge is 2.35. The first-order valence-electron chi connectivity index (χ1n) is 7.42. The first kappa shape index (κ1) is 14.3. The van der Waals surface area contributed by atoms with Gasteiger partial charge in [-0.25, -0.2) is 4.98 Å². The standard InChI is InChI=1S/C17H20N2OS/c1-12(15-8-9-15)19(10-14-6-4-3-5-7-14)17(20)16-11-21-13(2)18-16/h3-7,11-12,15H,8-10H2,1-2H3. The van der Waals surface area contributed by atoms with E-state index in [-0.39, 0.29) is 11.9 Å². The summed E-state index contributed by atoms with van der Waals surface area (Å²) in [6.07, 6.45) is 2.46. The van der Waals surface area contributed by atoms with Crippen LogP contribution in [0.4, 0.5) is 0 Å². The third-order valence-electron chi connectivity index (χ3n) is 4.09. The number of amides is 1. The predicted molar refractivity (Wildman–Crippen MR) is 85.4 cm³/mol. The summed E-state index contributed by atoms with van der Waals surface area (Å²) in [5.74, 6) is 0.708. The van der Waals surface area contributed by atoms with Gasteiger partial charge in [0.25, 0.3) is 5.91 Å². The summed E-state index contributed by atoms with van der Waals surface area (Å²) in [5, 5.41) is 2.81. The Bertz CT molecular complexity index is 619. The van der Waals surface area contributed by atoms with Crippen molar-refractivity contribution in [2.24, 2.45) is 5.92 Å². The molecule has 3 rings (SSSR count). The molecule has 2 aromatic rings. The lowest BCUT2D eigenvalue weighted by Crippen LogP contribution is -2.39. The van der Waals surface area contributed by atoms with E-state index < -0.39 is 0 Å². The number of nitrogens with zero attached hydrogens (tertiary/aromatic N) is 2. The average Bonchev–Trinajstić information content (AvgIpc) is 3.26. The normalized spacial score (nSPS) is 15.7. The van der Waals surface area contributed by atoms with Crippen LogP contribution in [0.25, 0.3) is 0 Å². The Labute approximate surface area is 129 Å². The number of hydrogen-bond donors (Lipinski definition) is 0. The maximum atomic E-state index is 12.8. The van der Waals surface area contributed by atoms with Crippen LogP contribution in [0.5, 0.6) is 0 Å².